The molecule has 0 rings (SSSR count). The molecular formula is C10H18N4O6. The summed E-state index contributed by atoms with van der Waals surface area (Å²) in [6.07, 6.45) is 0. The zero-order valence-corrected chi connectivity index (χ0v) is 11.3. The van der Waals surface area contributed by atoms with E-state index in [9.17, 15) is 19.2 Å². The number of rotatable bonds is 7. The van der Waals surface area contributed by atoms with Crippen molar-refractivity contribution in [1.82, 2.24) is 20.8 Å². The third-order valence-corrected chi connectivity index (χ3v) is 2.08. The van der Waals surface area contributed by atoms with Crippen molar-refractivity contribution in [3.63, 3.8) is 0 Å². The molecule has 0 aromatic carbocycles. The second-order valence-electron chi connectivity index (χ2n) is 3.85. The van der Waals surface area contributed by atoms with Crippen molar-refractivity contribution in [3.8, 4) is 0 Å². The van der Waals surface area contributed by atoms with Crippen LogP contribution in [0.5, 0.6) is 0 Å². The third-order valence-electron chi connectivity index (χ3n) is 2.08. The van der Waals surface area contributed by atoms with Crippen LogP contribution in [0.3, 0.4) is 0 Å². The number of carbonyl (C=O) groups excluding carboxylic acids is 4. The molecule has 114 valence electrons. The first-order chi connectivity index (χ1) is 9.23. The minimum atomic E-state index is -0.666. The van der Waals surface area contributed by atoms with Gasteiger partial charge in [-0.05, 0) is 0 Å². The van der Waals surface area contributed by atoms with Crippen LogP contribution in [0.15, 0.2) is 0 Å². The Morgan fingerprint density at radius 1 is 0.800 bits per heavy atom. The highest BCUT2D eigenvalue weighted by atomic mass is 16.5. The molecule has 4 N–H and O–H groups in total. The number of hydrogen-bond acceptors (Lipinski definition) is 6. The first kappa shape index (κ1) is 17.8. The molecule has 4 amide bonds. The van der Waals surface area contributed by atoms with Gasteiger partial charge < -0.3 is 10.6 Å². The zero-order valence-electron chi connectivity index (χ0n) is 11.3. The topological polar surface area (TPSA) is 139 Å². The molecule has 0 saturated heterocycles. The lowest BCUT2D eigenvalue weighted by atomic mass is 10.5. The van der Waals surface area contributed by atoms with Gasteiger partial charge in [0.05, 0.1) is 0 Å². The summed E-state index contributed by atoms with van der Waals surface area (Å²) in [6.45, 7) is 1.34. The predicted molar refractivity (Wildman–Crippen MR) is 64.4 cm³/mol. The van der Waals surface area contributed by atoms with Gasteiger partial charge in [0, 0.05) is 26.9 Å². The SMILES string of the molecule is CC(=O)N(O)CC(=O)NCCNC(=O)CN(O)C(C)=O. The highest BCUT2D eigenvalue weighted by Crippen LogP contribution is 1.83. The highest BCUT2D eigenvalue weighted by Gasteiger charge is 2.11. The maximum Gasteiger partial charge on any atom is 0.243 e. The minimum Gasteiger partial charge on any atom is -0.353 e. The normalized spacial score (nSPS) is 9.60. The molecular weight excluding hydrogens is 272 g/mol. The number of amides is 4. The predicted octanol–water partition coefficient (Wildman–Crippen LogP) is -2.31. The summed E-state index contributed by atoms with van der Waals surface area (Å²) in [7, 11) is 0. The molecule has 0 fully saturated rings. The lowest BCUT2D eigenvalue weighted by Crippen LogP contribution is -2.43. The first-order valence-electron chi connectivity index (χ1n) is 5.71. The lowest BCUT2D eigenvalue weighted by Gasteiger charge is -2.13. The van der Waals surface area contributed by atoms with E-state index in [0.29, 0.717) is 0 Å². The maximum absolute atomic E-state index is 11.2. The van der Waals surface area contributed by atoms with E-state index in [0.717, 1.165) is 13.8 Å². The molecule has 0 aromatic heterocycles. The van der Waals surface area contributed by atoms with E-state index >= 15 is 0 Å². The van der Waals surface area contributed by atoms with E-state index in [1.165, 1.54) is 0 Å². The van der Waals surface area contributed by atoms with Crippen LogP contribution in [0.1, 0.15) is 13.8 Å². The number of nitrogens with one attached hydrogen (secondary N) is 2. The Morgan fingerprint density at radius 3 is 1.35 bits per heavy atom. The van der Waals surface area contributed by atoms with Gasteiger partial charge in [-0.3, -0.25) is 29.6 Å². The molecule has 0 atom stereocenters. The van der Waals surface area contributed by atoms with Gasteiger partial charge in [0.1, 0.15) is 13.1 Å². The second kappa shape index (κ2) is 8.82. The molecule has 0 heterocycles. The Bertz CT molecular complexity index is 350. The average Bonchev–Trinajstić information content (AvgIpc) is 2.34. The monoisotopic (exact) mass is 290 g/mol. The van der Waals surface area contributed by atoms with Crippen LogP contribution in [0.2, 0.25) is 0 Å². The average molecular weight is 290 g/mol. The molecule has 0 radical (unpaired) electrons. The number of hydroxylamine groups is 4. The van der Waals surface area contributed by atoms with Crippen LogP contribution in [-0.4, -0.2) is 70.3 Å². The van der Waals surface area contributed by atoms with Crippen LogP contribution < -0.4 is 10.6 Å². The van der Waals surface area contributed by atoms with E-state index in [2.05, 4.69) is 10.6 Å². The van der Waals surface area contributed by atoms with E-state index in [4.69, 9.17) is 10.4 Å². The smallest absolute Gasteiger partial charge is 0.243 e. The molecule has 0 spiro atoms. The van der Waals surface area contributed by atoms with Crippen LogP contribution in [0, 0.1) is 0 Å². The van der Waals surface area contributed by atoms with Gasteiger partial charge in [0.2, 0.25) is 23.6 Å². The molecule has 10 nitrogen and oxygen atoms in total. The fraction of sp³-hybridized carbons (Fsp3) is 0.600. The van der Waals surface area contributed by atoms with Crippen LogP contribution in [0.25, 0.3) is 0 Å². The van der Waals surface area contributed by atoms with Crippen molar-refractivity contribution in [2.24, 2.45) is 0 Å². The summed E-state index contributed by atoms with van der Waals surface area (Å²) < 4.78 is 0. The maximum atomic E-state index is 11.2. The van der Waals surface area contributed by atoms with E-state index in [-0.39, 0.29) is 23.2 Å². The Balaban J connectivity index is 3.76. The quantitative estimate of drug-likeness (QED) is 0.236. The number of hydrogen-bond donors (Lipinski definition) is 4. The van der Waals surface area contributed by atoms with Crippen molar-refractivity contribution in [1.29, 1.82) is 0 Å². The molecule has 0 aromatic rings. The van der Waals surface area contributed by atoms with Crippen molar-refractivity contribution in [3.05, 3.63) is 0 Å². The molecule has 0 bridgehead atoms. The Morgan fingerprint density at radius 2 is 1.10 bits per heavy atom. The van der Waals surface area contributed by atoms with Gasteiger partial charge in [-0.25, -0.2) is 10.1 Å². The molecule has 0 saturated carbocycles. The molecule has 0 aliphatic carbocycles. The van der Waals surface area contributed by atoms with Gasteiger partial charge in [0.15, 0.2) is 0 Å². The molecule has 0 unspecified atom stereocenters. The summed E-state index contributed by atoms with van der Waals surface area (Å²) >= 11 is 0. The standard InChI is InChI=1S/C10H18N4O6/c1-7(15)13(19)5-9(17)11-3-4-12-10(18)6-14(20)8(2)16/h19-20H,3-6H2,1-2H3,(H,11,17)(H,12,18). The fourth-order valence-electron chi connectivity index (χ4n) is 1.01. The van der Waals surface area contributed by atoms with Gasteiger partial charge in [-0.15, -0.1) is 0 Å². The minimum absolute atomic E-state index is 0.0712. The second-order valence-corrected chi connectivity index (χ2v) is 3.85. The Labute approximate surface area is 115 Å². The van der Waals surface area contributed by atoms with Crippen LogP contribution in [0.4, 0.5) is 0 Å². The van der Waals surface area contributed by atoms with Gasteiger partial charge in [-0.2, -0.15) is 0 Å². The van der Waals surface area contributed by atoms with Crippen molar-refractivity contribution in [2.75, 3.05) is 26.2 Å². The number of nitrogens with zero attached hydrogens (tertiary/aromatic N) is 2. The summed E-state index contributed by atoms with van der Waals surface area (Å²) in [6, 6.07) is 0. The molecule has 10 heteroatoms. The van der Waals surface area contributed by atoms with Crippen LogP contribution >= 0.6 is 0 Å². The summed E-state index contributed by atoms with van der Waals surface area (Å²) in [4.78, 5) is 43.7. The van der Waals surface area contributed by atoms with Gasteiger partial charge >= 0.3 is 0 Å². The summed E-state index contributed by atoms with van der Waals surface area (Å²) in [5.74, 6) is -2.52. The molecule has 20 heavy (non-hydrogen) atoms. The van der Waals surface area contributed by atoms with E-state index in [1.807, 2.05) is 0 Å². The fourth-order valence-corrected chi connectivity index (χ4v) is 1.01. The zero-order chi connectivity index (χ0) is 15.7. The first-order valence-corrected chi connectivity index (χ1v) is 5.71. The van der Waals surface area contributed by atoms with Gasteiger partial charge in [-0.1, -0.05) is 0 Å². The molecule has 0 aliphatic heterocycles. The highest BCUT2D eigenvalue weighted by molar-refractivity contribution is 5.83. The Kier molecular flexibility index (Phi) is 7.85. The van der Waals surface area contributed by atoms with E-state index < -0.39 is 36.7 Å². The third kappa shape index (κ3) is 8.00. The van der Waals surface area contributed by atoms with Crippen molar-refractivity contribution >= 4 is 23.6 Å². The van der Waals surface area contributed by atoms with E-state index in [1.54, 1.807) is 0 Å². The van der Waals surface area contributed by atoms with Crippen LogP contribution in [-0.2, 0) is 19.2 Å². The van der Waals surface area contributed by atoms with Gasteiger partial charge in [0.25, 0.3) is 0 Å². The summed E-state index contributed by atoms with van der Waals surface area (Å²) in [5.41, 5.74) is 0. The van der Waals surface area contributed by atoms with Crippen molar-refractivity contribution < 1.29 is 29.6 Å². The lowest BCUT2D eigenvalue weighted by molar-refractivity contribution is -0.166. The summed E-state index contributed by atoms with van der Waals surface area (Å²) in [5, 5.41) is 23.2. The number of carbonyl (C=O) groups is 4. The van der Waals surface area contributed by atoms with Crippen molar-refractivity contribution in [2.45, 2.75) is 13.8 Å². The molecule has 0 aliphatic rings. The Hall–Kier alpha value is -2.20. The largest absolute Gasteiger partial charge is 0.353 e.